The summed E-state index contributed by atoms with van der Waals surface area (Å²) in [4.78, 5) is 10.9. The summed E-state index contributed by atoms with van der Waals surface area (Å²) in [5.74, 6) is -1.94. The third-order valence-corrected chi connectivity index (χ3v) is 3.56. The van der Waals surface area contributed by atoms with E-state index in [2.05, 4.69) is 0 Å². The molecule has 1 atom stereocenters. The molecule has 0 aliphatic carbocycles. The molecule has 0 unspecified atom stereocenters. The van der Waals surface area contributed by atoms with Crippen LogP contribution in [0.15, 0.2) is 11.6 Å². The van der Waals surface area contributed by atoms with E-state index in [1.165, 1.54) is 6.07 Å². The van der Waals surface area contributed by atoms with Crippen molar-refractivity contribution in [2.24, 2.45) is 0 Å². The number of carboxylic acid groups (broad SMARTS) is 1. The van der Waals surface area contributed by atoms with Gasteiger partial charge in [0, 0.05) is 16.2 Å². The highest BCUT2D eigenvalue weighted by molar-refractivity contribution is 6.31. The van der Waals surface area contributed by atoms with Crippen molar-refractivity contribution >= 4 is 23.6 Å². The molecular weight excluding hydrogens is 297 g/mol. The van der Waals surface area contributed by atoms with Gasteiger partial charge in [-0.05, 0) is 37.1 Å². The topological polar surface area (TPSA) is 49.4 Å². The van der Waals surface area contributed by atoms with Crippen LogP contribution in [-0.2, 0) is 4.79 Å². The number of carbonyl (C=O) groups is 1. The first-order chi connectivity index (χ1) is 9.12. The van der Waals surface area contributed by atoms with Gasteiger partial charge in [-0.15, -0.1) is 0 Å². The van der Waals surface area contributed by atoms with Crippen LogP contribution in [0.1, 0.15) is 16.7 Å². The van der Waals surface area contributed by atoms with Crippen LogP contribution in [0.4, 0.5) is 13.2 Å². The molecule has 0 fully saturated rings. The van der Waals surface area contributed by atoms with Crippen molar-refractivity contribution in [1.29, 1.82) is 0 Å². The summed E-state index contributed by atoms with van der Waals surface area (Å²) in [7, 11) is 0. The van der Waals surface area contributed by atoms with Gasteiger partial charge < -0.3 is 14.6 Å². The van der Waals surface area contributed by atoms with E-state index in [1.807, 2.05) is 0 Å². The Morgan fingerprint density at radius 2 is 1.95 bits per heavy atom. The van der Waals surface area contributed by atoms with Crippen LogP contribution >= 0.6 is 11.6 Å². The number of rotatable bonds is 1. The predicted octanol–water partition coefficient (Wildman–Crippen LogP) is 2.41. The van der Waals surface area contributed by atoms with Crippen LogP contribution < -0.4 is 9.84 Å². The smallest absolute Gasteiger partial charge is 0.429 e. The second-order valence-electron chi connectivity index (χ2n) is 4.45. The van der Waals surface area contributed by atoms with Crippen molar-refractivity contribution < 1.29 is 27.8 Å². The summed E-state index contributed by atoms with van der Waals surface area (Å²) >= 11 is 5.93. The van der Waals surface area contributed by atoms with Gasteiger partial charge in [-0.3, -0.25) is 0 Å². The van der Waals surface area contributed by atoms with Crippen LogP contribution in [0, 0.1) is 13.8 Å². The van der Waals surface area contributed by atoms with Gasteiger partial charge >= 0.3 is 6.18 Å². The quantitative estimate of drug-likeness (QED) is 0.800. The predicted molar refractivity (Wildman–Crippen MR) is 64.4 cm³/mol. The fourth-order valence-corrected chi connectivity index (χ4v) is 2.23. The molecule has 2 rings (SSSR count). The number of hydrogen-bond acceptors (Lipinski definition) is 3. The molecule has 1 aliphatic heterocycles. The molecule has 0 spiro atoms. The van der Waals surface area contributed by atoms with Gasteiger partial charge in [-0.2, -0.15) is 13.2 Å². The molecule has 7 heteroatoms. The number of hydrogen-bond donors (Lipinski definition) is 0. The highest BCUT2D eigenvalue weighted by atomic mass is 35.5. The lowest BCUT2D eigenvalue weighted by Gasteiger charge is -2.30. The molecule has 0 saturated heterocycles. The average Bonchev–Trinajstić information content (AvgIpc) is 2.33. The van der Waals surface area contributed by atoms with Crippen molar-refractivity contribution in [2.45, 2.75) is 26.1 Å². The van der Waals surface area contributed by atoms with E-state index in [9.17, 15) is 23.1 Å². The van der Waals surface area contributed by atoms with E-state index in [0.29, 0.717) is 16.1 Å². The maximum Gasteiger partial charge on any atom is 0.429 e. The molecular formula is C13H9ClF3O3-. The highest BCUT2D eigenvalue weighted by Crippen LogP contribution is 2.41. The molecule has 1 heterocycles. The maximum atomic E-state index is 12.9. The Hall–Kier alpha value is -1.69. The first kappa shape index (κ1) is 14.7. The van der Waals surface area contributed by atoms with E-state index >= 15 is 0 Å². The summed E-state index contributed by atoms with van der Waals surface area (Å²) in [6.45, 7) is 3.20. The second-order valence-corrected chi connectivity index (χ2v) is 4.86. The summed E-state index contributed by atoms with van der Waals surface area (Å²) in [5.41, 5.74) is 0.245. The van der Waals surface area contributed by atoms with Crippen LogP contribution in [-0.4, -0.2) is 18.2 Å². The monoisotopic (exact) mass is 305 g/mol. The van der Waals surface area contributed by atoms with Crippen LogP contribution in [0.5, 0.6) is 5.75 Å². The van der Waals surface area contributed by atoms with Crippen molar-refractivity contribution in [3.8, 4) is 5.75 Å². The number of halogens is 4. The lowest BCUT2D eigenvalue weighted by molar-refractivity contribution is -0.302. The molecule has 0 aromatic heterocycles. The standard InChI is InChI=1S/C13H10ClF3O3/c1-5-6(2)10-7(4-9(5)14)3-8(12(18)19)11(20-10)13(15,16)17/h3-4,11H,1-2H3,(H,18,19)/p-1/t11-/m0/s1. The molecule has 0 saturated carbocycles. The summed E-state index contributed by atoms with van der Waals surface area (Å²) in [6.07, 6.45) is -6.49. The molecule has 0 radical (unpaired) electrons. The number of carboxylic acids is 1. The SMILES string of the molecule is Cc1c(Cl)cc2c(c1C)O[C@H](C(F)(F)F)C(C(=O)[O-])=C2. The van der Waals surface area contributed by atoms with E-state index in [0.717, 1.165) is 6.08 Å². The van der Waals surface area contributed by atoms with E-state index < -0.39 is 23.8 Å². The number of aliphatic carboxylic acids is 1. The Bertz CT molecular complexity index is 620. The lowest BCUT2D eigenvalue weighted by Crippen LogP contribution is -2.44. The number of fused-ring (bicyclic) bond motifs is 1. The fourth-order valence-electron chi connectivity index (χ4n) is 1.97. The van der Waals surface area contributed by atoms with Crippen LogP contribution in [0.3, 0.4) is 0 Å². The average molecular weight is 306 g/mol. The van der Waals surface area contributed by atoms with Crippen LogP contribution in [0.2, 0.25) is 5.02 Å². The molecule has 1 aromatic rings. The number of carbonyl (C=O) groups excluding carboxylic acids is 1. The Morgan fingerprint density at radius 3 is 2.45 bits per heavy atom. The Morgan fingerprint density at radius 1 is 1.35 bits per heavy atom. The zero-order valence-electron chi connectivity index (χ0n) is 10.5. The third kappa shape index (κ3) is 2.35. The maximum absolute atomic E-state index is 12.9. The molecule has 0 N–H and O–H groups in total. The number of ether oxygens (including phenoxy) is 1. The van der Waals surface area contributed by atoms with E-state index in [1.54, 1.807) is 13.8 Å². The van der Waals surface area contributed by atoms with Gasteiger partial charge in [0.15, 0.2) is 0 Å². The Labute approximate surface area is 117 Å². The highest BCUT2D eigenvalue weighted by Gasteiger charge is 2.46. The first-order valence-electron chi connectivity index (χ1n) is 5.59. The van der Waals surface area contributed by atoms with Crippen molar-refractivity contribution in [1.82, 2.24) is 0 Å². The molecule has 20 heavy (non-hydrogen) atoms. The molecule has 108 valence electrons. The summed E-state index contributed by atoms with van der Waals surface area (Å²) < 4.78 is 43.5. The van der Waals surface area contributed by atoms with Gasteiger partial charge in [-0.1, -0.05) is 11.6 Å². The zero-order chi connectivity index (χ0) is 15.2. The van der Waals surface area contributed by atoms with Gasteiger partial charge in [0.2, 0.25) is 6.10 Å². The Kier molecular flexibility index (Phi) is 3.46. The zero-order valence-corrected chi connectivity index (χ0v) is 11.2. The fraction of sp³-hybridized carbons (Fsp3) is 0.308. The lowest BCUT2D eigenvalue weighted by atomic mass is 9.97. The van der Waals surface area contributed by atoms with Gasteiger partial charge in [0.05, 0.1) is 5.97 Å². The minimum Gasteiger partial charge on any atom is -0.545 e. The van der Waals surface area contributed by atoms with Gasteiger partial charge in [0.25, 0.3) is 0 Å². The van der Waals surface area contributed by atoms with Crippen molar-refractivity contribution in [3.63, 3.8) is 0 Å². The van der Waals surface area contributed by atoms with Crippen molar-refractivity contribution in [2.75, 3.05) is 0 Å². The van der Waals surface area contributed by atoms with E-state index in [-0.39, 0.29) is 11.3 Å². The minimum absolute atomic E-state index is 0.0146. The molecule has 3 nitrogen and oxygen atoms in total. The van der Waals surface area contributed by atoms with Gasteiger partial charge in [-0.25, -0.2) is 0 Å². The largest absolute Gasteiger partial charge is 0.545 e. The van der Waals surface area contributed by atoms with Crippen molar-refractivity contribution in [3.05, 3.63) is 33.4 Å². The Balaban J connectivity index is 2.66. The summed E-state index contributed by atoms with van der Waals surface area (Å²) in [6, 6.07) is 1.37. The normalized spacial score (nSPS) is 18.1. The molecule has 1 aromatic carbocycles. The second kappa shape index (κ2) is 4.70. The molecule has 1 aliphatic rings. The third-order valence-electron chi connectivity index (χ3n) is 3.17. The molecule has 0 amide bonds. The number of alkyl halides is 3. The summed E-state index contributed by atoms with van der Waals surface area (Å²) in [5, 5.41) is 11.2. The van der Waals surface area contributed by atoms with E-state index in [4.69, 9.17) is 16.3 Å². The van der Waals surface area contributed by atoms with Gasteiger partial charge in [0.1, 0.15) is 5.75 Å². The number of benzene rings is 1. The minimum atomic E-state index is -4.84. The van der Waals surface area contributed by atoms with Crippen LogP contribution in [0.25, 0.3) is 6.08 Å². The first-order valence-corrected chi connectivity index (χ1v) is 5.96. The molecule has 0 bridgehead atoms.